The summed E-state index contributed by atoms with van der Waals surface area (Å²) < 4.78 is 0. The predicted octanol–water partition coefficient (Wildman–Crippen LogP) is 1.84. The molecule has 0 heterocycles. The second kappa shape index (κ2) is 4.86. The van der Waals surface area contributed by atoms with Crippen LogP contribution in [0, 0.1) is 0 Å². The van der Waals surface area contributed by atoms with Crippen LogP contribution >= 0.6 is 0 Å². The molecule has 0 fully saturated rings. The van der Waals surface area contributed by atoms with Crippen LogP contribution in [0.15, 0.2) is 24.3 Å². The Labute approximate surface area is 84.9 Å². The van der Waals surface area contributed by atoms with Crippen LogP contribution in [0.3, 0.4) is 0 Å². The second-order valence-corrected chi connectivity index (χ2v) is 3.76. The molecular weight excluding hydrogens is 176 g/mol. The van der Waals surface area contributed by atoms with Crippen molar-refractivity contribution in [3.05, 3.63) is 24.3 Å². The standard InChI is InChI=1S/C11H18N2O/c1-8(6-9(2)14)13-11-5-3-4-10(12)7-11/h3-5,7-9,13-14H,6,12H2,1-2H3. The quantitative estimate of drug-likeness (QED) is 0.641. The molecule has 1 aromatic rings. The lowest BCUT2D eigenvalue weighted by Crippen LogP contribution is -2.20. The van der Waals surface area contributed by atoms with Gasteiger partial charge in [-0.3, -0.25) is 0 Å². The number of hydrogen-bond acceptors (Lipinski definition) is 3. The molecule has 0 aliphatic carbocycles. The van der Waals surface area contributed by atoms with Gasteiger partial charge in [-0.25, -0.2) is 0 Å². The Balaban J connectivity index is 2.51. The largest absolute Gasteiger partial charge is 0.399 e. The van der Waals surface area contributed by atoms with Crippen molar-refractivity contribution in [2.24, 2.45) is 0 Å². The number of hydrogen-bond donors (Lipinski definition) is 3. The zero-order chi connectivity index (χ0) is 10.6. The molecule has 0 saturated carbocycles. The highest BCUT2D eigenvalue weighted by molar-refractivity contribution is 5.54. The number of nitrogens with one attached hydrogen (secondary N) is 1. The molecule has 0 spiro atoms. The van der Waals surface area contributed by atoms with Crippen LogP contribution in [0.2, 0.25) is 0 Å². The summed E-state index contributed by atoms with van der Waals surface area (Å²) in [6, 6.07) is 7.86. The van der Waals surface area contributed by atoms with Crippen LogP contribution in [0.4, 0.5) is 11.4 Å². The monoisotopic (exact) mass is 194 g/mol. The highest BCUT2D eigenvalue weighted by atomic mass is 16.3. The molecule has 0 aliphatic heterocycles. The van der Waals surface area contributed by atoms with E-state index < -0.39 is 0 Å². The summed E-state index contributed by atoms with van der Waals surface area (Å²) in [4.78, 5) is 0. The third kappa shape index (κ3) is 3.66. The maximum Gasteiger partial charge on any atom is 0.0531 e. The maximum atomic E-state index is 9.19. The third-order valence-corrected chi connectivity index (χ3v) is 1.99. The fourth-order valence-electron chi connectivity index (χ4n) is 1.48. The molecule has 0 aliphatic rings. The average Bonchev–Trinajstić information content (AvgIpc) is 2.01. The first-order valence-electron chi connectivity index (χ1n) is 4.88. The molecule has 0 saturated heterocycles. The van der Waals surface area contributed by atoms with E-state index in [-0.39, 0.29) is 12.1 Å². The first-order valence-corrected chi connectivity index (χ1v) is 4.88. The van der Waals surface area contributed by atoms with Crippen molar-refractivity contribution in [1.82, 2.24) is 0 Å². The summed E-state index contributed by atoms with van der Waals surface area (Å²) in [5.41, 5.74) is 7.39. The second-order valence-electron chi connectivity index (χ2n) is 3.76. The van der Waals surface area contributed by atoms with E-state index in [4.69, 9.17) is 5.73 Å². The van der Waals surface area contributed by atoms with E-state index in [1.165, 1.54) is 0 Å². The highest BCUT2D eigenvalue weighted by Gasteiger charge is 2.05. The zero-order valence-corrected chi connectivity index (χ0v) is 8.70. The van der Waals surface area contributed by atoms with Crippen LogP contribution < -0.4 is 11.1 Å². The Hall–Kier alpha value is -1.22. The van der Waals surface area contributed by atoms with Gasteiger partial charge in [0.25, 0.3) is 0 Å². The number of rotatable bonds is 4. The number of aliphatic hydroxyl groups excluding tert-OH is 1. The summed E-state index contributed by atoms with van der Waals surface area (Å²) in [7, 11) is 0. The molecule has 2 atom stereocenters. The molecular formula is C11H18N2O. The molecule has 14 heavy (non-hydrogen) atoms. The van der Waals surface area contributed by atoms with Gasteiger partial charge in [0, 0.05) is 17.4 Å². The van der Waals surface area contributed by atoms with Crippen LogP contribution in [0.1, 0.15) is 20.3 Å². The van der Waals surface area contributed by atoms with Crippen LogP contribution in [-0.2, 0) is 0 Å². The summed E-state index contributed by atoms with van der Waals surface area (Å²) in [6.45, 7) is 3.83. The first-order chi connectivity index (χ1) is 6.58. The minimum atomic E-state index is -0.279. The molecule has 0 aromatic heterocycles. The highest BCUT2D eigenvalue weighted by Crippen LogP contribution is 2.14. The minimum Gasteiger partial charge on any atom is -0.399 e. The van der Waals surface area contributed by atoms with Gasteiger partial charge in [0.2, 0.25) is 0 Å². The fourth-order valence-corrected chi connectivity index (χ4v) is 1.48. The number of nitrogens with two attached hydrogens (primary N) is 1. The fraction of sp³-hybridized carbons (Fsp3) is 0.455. The van der Waals surface area contributed by atoms with E-state index in [2.05, 4.69) is 5.32 Å². The van der Waals surface area contributed by atoms with Gasteiger partial charge < -0.3 is 16.2 Å². The molecule has 1 aromatic carbocycles. The van der Waals surface area contributed by atoms with Gasteiger partial charge in [-0.2, -0.15) is 0 Å². The van der Waals surface area contributed by atoms with Crippen molar-refractivity contribution < 1.29 is 5.11 Å². The van der Waals surface area contributed by atoms with Crippen molar-refractivity contribution in [2.45, 2.75) is 32.4 Å². The minimum absolute atomic E-state index is 0.247. The van der Waals surface area contributed by atoms with Gasteiger partial charge in [0.1, 0.15) is 0 Å². The molecule has 0 amide bonds. The van der Waals surface area contributed by atoms with Crippen molar-refractivity contribution in [3.63, 3.8) is 0 Å². The van der Waals surface area contributed by atoms with Crippen LogP contribution in [0.5, 0.6) is 0 Å². The van der Waals surface area contributed by atoms with Crippen LogP contribution in [0.25, 0.3) is 0 Å². The molecule has 3 heteroatoms. The van der Waals surface area contributed by atoms with Gasteiger partial charge in [-0.05, 0) is 38.5 Å². The number of anilines is 2. The lowest BCUT2D eigenvalue weighted by Gasteiger charge is -2.16. The SMILES string of the molecule is CC(O)CC(C)Nc1cccc(N)c1. The molecule has 4 N–H and O–H groups in total. The summed E-state index contributed by atoms with van der Waals surface area (Å²) >= 11 is 0. The summed E-state index contributed by atoms with van der Waals surface area (Å²) in [6.07, 6.45) is 0.452. The van der Waals surface area contributed by atoms with Gasteiger partial charge >= 0.3 is 0 Å². The molecule has 1 rings (SSSR count). The average molecular weight is 194 g/mol. The van der Waals surface area contributed by atoms with E-state index in [0.29, 0.717) is 0 Å². The summed E-state index contributed by atoms with van der Waals surface area (Å²) in [5.74, 6) is 0. The lowest BCUT2D eigenvalue weighted by atomic mass is 10.1. The predicted molar refractivity (Wildman–Crippen MR) is 60.2 cm³/mol. The number of benzene rings is 1. The Bertz CT molecular complexity index is 286. The van der Waals surface area contributed by atoms with Crippen molar-refractivity contribution >= 4 is 11.4 Å². The van der Waals surface area contributed by atoms with Crippen molar-refractivity contribution in [1.29, 1.82) is 0 Å². The van der Waals surface area contributed by atoms with Crippen LogP contribution in [-0.4, -0.2) is 17.3 Å². The van der Waals surface area contributed by atoms with Crippen molar-refractivity contribution in [2.75, 3.05) is 11.1 Å². The molecule has 3 nitrogen and oxygen atoms in total. The molecule has 0 radical (unpaired) electrons. The van der Waals surface area contributed by atoms with E-state index in [0.717, 1.165) is 17.8 Å². The van der Waals surface area contributed by atoms with E-state index in [1.807, 2.05) is 31.2 Å². The van der Waals surface area contributed by atoms with Gasteiger partial charge in [0.05, 0.1) is 6.10 Å². The molecule has 78 valence electrons. The van der Waals surface area contributed by atoms with E-state index >= 15 is 0 Å². The first kappa shape index (κ1) is 10.9. The van der Waals surface area contributed by atoms with Crippen molar-refractivity contribution in [3.8, 4) is 0 Å². The Morgan fingerprint density at radius 3 is 2.71 bits per heavy atom. The van der Waals surface area contributed by atoms with Gasteiger partial charge in [-0.1, -0.05) is 6.07 Å². The maximum absolute atomic E-state index is 9.19. The summed E-state index contributed by atoms with van der Waals surface area (Å²) in [5, 5.41) is 12.5. The third-order valence-electron chi connectivity index (χ3n) is 1.99. The topological polar surface area (TPSA) is 58.3 Å². The van der Waals surface area contributed by atoms with Gasteiger partial charge in [0.15, 0.2) is 0 Å². The number of aliphatic hydroxyl groups is 1. The normalized spacial score (nSPS) is 14.8. The zero-order valence-electron chi connectivity index (χ0n) is 8.70. The van der Waals surface area contributed by atoms with E-state index in [9.17, 15) is 5.11 Å². The Morgan fingerprint density at radius 2 is 2.14 bits per heavy atom. The number of nitrogen functional groups attached to an aromatic ring is 1. The van der Waals surface area contributed by atoms with E-state index in [1.54, 1.807) is 6.92 Å². The lowest BCUT2D eigenvalue weighted by molar-refractivity contribution is 0.179. The Kier molecular flexibility index (Phi) is 3.77. The molecule has 0 bridgehead atoms. The Morgan fingerprint density at radius 1 is 1.43 bits per heavy atom. The smallest absolute Gasteiger partial charge is 0.0531 e. The molecule has 2 unspecified atom stereocenters. The van der Waals surface area contributed by atoms with Gasteiger partial charge in [-0.15, -0.1) is 0 Å².